The summed E-state index contributed by atoms with van der Waals surface area (Å²) in [7, 11) is 1.53. The summed E-state index contributed by atoms with van der Waals surface area (Å²) in [6, 6.07) is 12.2. The van der Waals surface area contributed by atoms with Crippen LogP contribution in [0.25, 0.3) is 0 Å². The summed E-state index contributed by atoms with van der Waals surface area (Å²) in [5.41, 5.74) is -0.868. The summed E-state index contributed by atoms with van der Waals surface area (Å²) < 4.78 is 50.9. The number of nitrogens with one attached hydrogen (secondary N) is 1. The Bertz CT molecular complexity index is 1060. The van der Waals surface area contributed by atoms with Crippen LogP contribution in [0.15, 0.2) is 48.5 Å². The third kappa shape index (κ3) is 5.29. The lowest BCUT2D eigenvalue weighted by Crippen LogP contribution is -2.52. The van der Waals surface area contributed by atoms with Crippen LogP contribution < -0.4 is 10.1 Å². The Hall–Kier alpha value is -3.07. The molecule has 2 aromatic carbocycles. The highest BCUT2D eigenvalue weighted by molar-refractivity contribution is 5.94. The summed E-state index contributed by atoms with van der Waals surface area (Å²) in [6.45, 7) is 1.34. The van der Waals surface area contributed by atoms with Crippen LogP contribution in [0, 0.1) is 5.92 Å². The molecule has 4 rings (SSSR count). The summed E-state index contributed by atoms with van der Waals surface area (Å²) in [6.07, 6.45) is -2.90. The molecule has 2 saturated heterocycles. The third-order valence-corrected chi connectivity index (χ3v) is 7.02. The van der Waals surface area contributed by atoms with Crippen LogP contribution >= 0.6 is 0 Å². The van der Waals surface area contributed by atoms with Gasteiger partial charge in [-0.1, -0.05) is 30.3 Å². The molecule has 9 heteroatoms. The highest BCUT2D eigenvalue weighted by Crippen LogP contribution is 2.40. The van der Waals surface area contributed by atoms with Gasteiger partial charge in [-0.3, -0.25) is 9.59 Å². The summed E-state index contributed by atoms with van der Waals surface area (Å²) in [4.78, 5) is 28.3. The number of methoxy groups -OCH3 is 1. The van der Waals surface area contributed by atoms with Crippen molar-refractivity contribution in [1.82, 2.24) is 4.90 Å². The molecule has 1 N–H and O–H groups in total. The first-order chi connectivity index (χ1) is 16.7. The number of nitrogens with zero attached hydrogens (tertiary/aromatic N) is 1. The lowest BCUT2D eigenvalue weighted by molar-refractivity contribution is -0.144. The fourth-order valence-electron chi connectivity index (χ4n) is 4.97. The Morgan fingerprint density at radius 3 is 2.40 bits per heavy atom. The van der Waals surface area contributed by atoms with E-state index in [4.69, 9.17) is 9.47 Å². The van der Waals surface area contributed by atoms with Gasteiger partial charge in [0.25, 0.3) is 0 Å². The minimum absolute atomic E-state index is 0.139. The number of alkyl halides is 3. The predicted molar refractivity (Wildman–Crippen MR) is 124 cm³/mol. The van der Waals surface area contributed by atoms with Crippen molar-refractivity contribution in [2.24, 2.45) is 5.92 Å². The van der Waals surface area contributed by atoms with Gasteiger partial charge in [0.05, 0.1) is 23.8 Å². The average Bonchev–Trinajstić information content (AvgIpc) is 2.88. The normalized spacial score (nSPS) is 18.7. The van der Waals surface area contributed by atoms with E-state index in [2.05, 4.69) is 5.32 Å². The standard InChI is InChI=1S/C26H29F3N2O4/c1-34-22-8-3-2-7-21(22)30-23(32)18-9-13-31(14-10-18)24(33)25(11-15-35-16-12-25)19-5-4-6-20(17-19)26(27,28)29/h2-8,17-18H,9-16H2,1H3,(H,30,32). The molecule has 0 radical (unpaired) electrons. The van der Waals surface area contributed by atoms with Crippen LogP contribution in [0.4, 0.5) is 18.9 Å². The van der Waals surface area contributed by atoms with E-state index in [0.29, 0.717) is 69.0 Å². The van der Waals surface area contributed by atoms with Crippen molar-refractivity contribution in [2.45, 2.75) is 37.3 Å². The quantitative estimate of drug-likeness (QED) is 0.663. The molecule has 0 atom stereocenters. The highest BCUT2D eigenvalue weighted by Gasteiger charge is 2.46. The average molecular weight is 491 g/mol. The molecule has 2 amide bonds. The van der Waals surface area contributed by atoms with Gasteiger partial charge in [-0.2, -0.15) is 13.2 Å². The van der Waals surface area contributed by atoms with Gasteiger partial charge in [0, 0.05) is 32.2 Å². The number of carbonyl (C=O) groups excluding carboxylic acids is 2. The fourth-order valence-corrected chi connectivity index (χ4v) is 4.97. The number of para-hydroxylation sites is 2. The van der Waals surface area contributed by atoms with Gasteiger partial charge in [-0.15, -0.1) is 0 Å². The molecular weight excluding hydrogens is 461 g/mol. The van der Waals surface area contributed by atoms with E-state index in [9.17, 15) is 22.8 Å². The van der Waals surface area contributed by atoms with Crippen molar-refractivity contribution in [3.05, 3.63) is 59.7 Å². The third-order valence-electron chi connectivity index (χ3n) is 7.02. The summed E-state index contributed by atoms with van der Waals surface area (Å²) in [5, 5.41) is 2.90. The Morgan fingerprint density at radius 2 is 1.74 bits per heavy atom. The number of ether oxygens (including phenoxy) is 2. The molecule has 0 bridgehead atoms. The van der Waals surface area contributed by atoms with E-state index in [-0.39, 0.29) is 17.7 Å². The topological polar surface area (TPSA) is 67.9 Å². The van der Waals surface area contributed by atoms with Gasteiger partial charge >= 0.3 is 6.18 Å². The zero-order valence-electron chi connectivity index (χ0n) is 19.6. The second-order valence-electron chi connectivity index (χ2n) is 9.03. The van der Waals surface area contributed by atoms with Gasteiger partial charge in [-0.25, -0.2) is 0 Å². The van der Waals surface area contributed by atoms with Crippen molar-refractivity contribution >= 4 is 17.5 Å². The number of amides is 2. The molecule has 35 heavy (non-hydrogen) atoms. The number of carbonyl (C=O) groups is 2. The monoisotopic (exact) mass is 490 g/mol. The summed E-state index contributed by atoms with van der Waals surface area (Å²) in [5.74, 6) is -0.0388. The Balaban J connectivity index is 1.47. The van der Waals surface area contributed by atoms with Crippen LogP contribution in [0.5, 0.6) is 5.75 Å². The van der Waals surface area contributed by atoms with Crippen LogP contribution in [0.3, 0.4) is 0 Å². The van der Waals surface area contributed by atoms with Gasteiger partial charge in [0.15, 0.2) is 0 Å². The SMILES string of the molecule is COc1ccccc1NC(=O)C1CCN(C(=O)C2(c3cccc(C(F)(F)F)c3)CCOCC2)CC1. The molecule has 0 aliphatic carbocycles. The Kier molecular flexibility index (Phi) is 7.35. The Morgan fingerprint density at radius 1 is 1.06 bits per heavy atom. The summed E-state index contributed by atoms with van der Waals surface area (Å²) >= 11 is 0. The molecular formula is C26H29F3N2O4. The maximum atomic E-state index is 13.8. The molecule has 188 valence electrons. The zero-order chi connectivity index (χ0) is 25.1. The molecule has 2 heterocycles. The lowest BCUT2D eigenvalue weighted by atomic mass is 9.72. The van der Waals surface area contributed by atoms with Gasteiger partial charge in [-0.05, 0) is 49.4 Å². The van der Waals surface area contributed by atoms with E-state index in [1.165, 1.54) is 13.2 Å². The number of benzene rings is 2. The molecule has 6 nitrogen and oxygen atoms in total. The number of rotatable bonds is 5. The van der Waals surface area contributed by atoms with E-state index in [1.807, 2.05) is 6.07 Å². The first-order valence-corrected chi connectivity index (χ1v) is 11.7. The van der Waals surface area contributed by atoms with Crippen molar-refractivity contribution < 1.29 is 32.2 Å². The number of piperidine rings is 1. The molecule has 2 aliphatic heterocycles. The smallest absolute Gasteiger partial charge is 0.416 e. The zero-order valence-corrected chi connectivity index (χ0v) is 19.6. The second kappa shape index (κ2) is 10.3. The molecule has 2 aromatic rings. The molecule has 2 fully saturated rings. The van der Waals surface area contributed by atoms with E-state index >= 15 is 0 Å². The van der Waals surface area contributed by atoms with Crippen molar-refractivity contribution in [3.63, 3.8) is 0 Å². The van der Waals surface area contributed by atoms with Crippen LogP contribution in [-0.4, -0.2) is 50.1 Å². The number of anilines is 1. The van der Waals surface area contributed by atoms with E-state index in [1.54, 1.807) is 29.2 Å². The van der Waals surface area contributed by atoms with Crippen molar-refractivity contribution in [2.75, 3.05) is 38.7 Å². The Labute approximate surface area is 202 Å². The largest absolute Gasteiger partial charge is 0.495 e. The molecule has 0 saturated carbocycles. The van der Waals surface area contributed by atoms with Crippen LogP contribution in [0.2, 0.25) is 0 Å². The molecule has 2 aliphatic rings. The molecule has 0 aromatic heterocycles. The van der Waals surface area contributed by atoms with Crippen LogP contribution in [-0.2, 0) is 25.9 Å². The first kappa shape index (κ1) is 25.0. The number of hydrogen-bond acceptors (Lipinski definition) is 4. The van der Waals surface area contributed by atoms with Gasteiger partial charge in [0.2, 0.25) is 11.8 Å². The van der Waals surface area contributed by atoms with E-state index in [0.717, 1.165) is 12.1 Å². The first-order valence-electron chi connectivity index (χ1n) is 11.7. The minimum Gasteiger partial charge on any atom is -0.495 e. The number of hydrogen-bond donors (Lipinski definition) is 1. The molecule has 0 spiro atoms. The van der Waals surface area contributed by atoms with Crippen molar-refractivity contribution in [3.8, 4) is 5.75 Å². The number of likely N-dealkylation sites (tertiary alicyclic amines) is 1. The fraction of sp³-hybridized carbons (Fsp3) is 0.462. The maximum Gasteiger partial charge on any atom is 0.416 e. The van der Waals surface area contributed by atoms with Gasteiger partial charge in [0.1, 0.15) is 5.75 Å². The lowest BCUT2D eigenvalue weighted by Gasteiger charge is -2.42. The van der Waals surface area contributed by atoms with Crippen molar-refractivity contribution in [1.29, 1.82) is 0 Å². The maximum absolute atomic E-state index is 13.8. The van der Waals surface area contributed by atoms with Crippen LogP contribution in [0.1, 0.15) is 36.8 Å². The second-order valence-corrected chi connectivity index (χ2v) is 9.03. The number of halogens is 3. The minimum atomic E-state index is -4.49. The highest BCUT2D eigenvalue weighted by atomic mass is 19.4. The van der Waals surface area contributed by atoms with Gasteiger partial charge < -0.3 is 19.7 Å². The predicted octanol–water partition coefficient (Wildman–Crippen LogP) is 4.64. The van der Waals surface area contributed by atoms with E-state index < -0.39 is 17.2 Å². The molecule has 0 unspecified atom stereocenters.